The minimum absolute atomic E-state index is 0.948. The van der Waals surface area contributed by atoms with Crippen molar-refractivity contribution in [3.63, 3.8) is 0 Å². The zero-order valence-electron chi connectivity index (χ0n) is 11.5. The van der Waals surface area contributed by atoms with Crippen LogP contribution < -0.4 is 0 Å². The van der Waals surface area contributed by atoms with E-state index in [-0.39, 0.29) is 0 Å². The van der Waals surface area contributed by atoms with Gasteiger partial charge in [-0.15, -0.1) is 0 Å². The standard InChI is InChI=1S/C16H28/c1-5-7-8-11(3)16-12(4)15-10-14(16)9-13(15)6-2/h6,11-12,14-16H,5,7-10H2,1-4H3. The van der Waals surface area contributed by atoms with Gasteiger partial charge in [-0.1, -0.05) is 51.7 Å². The number of hydrogen-bond donors (Lipinski definition) is 0. The number of allylic oxidation sites excluding steroid dienone is 2. The molecule has 0 N–H and O–H groups in total. The van der Waals surface area contributed by atoms with Gasteiger partial charge < -0.3 is 0 Å². The van der Waals surface area contributed by atoms with Gasteiger partial charge in [0.15, 0.2) is 0 Å². The first kappa shape index (κ1) is 12.2. The number of unbranched alkanes of at least 4 members (excludes halogenated alkanes) is 1. The molecule has 5 atom stereocenters. The number of rotatable bonds is 4. The highest BCUT2D eigenvalue weighted by atomic mass is 14.5. The Morgan fingerprint density at radius 2 is 2.19 bits per heavy atom. The Labute approximate surface area is 102 Å². The van der Waals surface area contributed by atoms with Gasteiger partial charge in [-0.05, 0) is 49.4 Å². The van der Waals surface area contributed by atoms with E-state index >= 15 is 0 Å². The van der Waals surface area contributed by atoms with Gasteiger partial charge in [0, 0.05) is 0 Å². The molecule has 2 rings (SSSR count). The number of fused-ring (bicyclic) bond motifs is 2. The smallest absolute Gasteiger partial charge is 0.0172 e. The molecule has 2 bridgehead atoms. The summed E-state index contributed by atoms with van der Waals surface area (Å²) < 4.78 is 0. The van der Waals surface area contributed by atoms with Crippen LogP contribution in [0, 0.1) is 29.6 Å². The molecule has 0 aliphatic heterocycles. The monoisotopic (exact) mass is 220 g/mol. The SMILES string of the molecule is CC=C1CC2CC1C(C)C2C(C)CCCC. The predicted octanol–water partition coefficient (Wildman–Crippen LogP) is 5.05. The van der Waals surface area contributed by atoms with Crippen molar-refractivity contribution in [1.82, 2.24) is 0 Å². The zero-order chi connectivity index (χ0) is 11.7. The molecule has 0 saturated heterocycles. The third kappa shape index (κ3) is 1.96. The molecular formula is C16H28. The maximum absolute atomic E-state index is 2.51. The molecule has 0 aromatic carbocycles. The fourth-order valence-electron chi connectivity index (χ4n) is 4.59. The fraction of sp³-hybridized carbons (Fsp3) is 0.875. The molecule has 2 fully saturated rings. The summed E-state index contributed by atoms with van der Waals surface area (Å²) in [5.74, 6) is 4.92. The maximum Gasteiger partial charge on any atom is -0.0172 e. The Kier molecular flexibility index (Phi) is 3.77. The molecule has 0 nitrogen and oxygen atoms in total. The van der Waals surface area contributed by atoms with Crippen LogP contribution in [0.25, 0.3) is 0 Å². The average molecular weight is 220 g/mol. The lowest BCUT2D eigenvalue weighted by Crippen LogP contribution is -2.27. The highest BCUT2D eigenvalue weighted by molar-refractivity contribution is 5.19. The Hall–Kier alpha value is -0.260. The second-order valence-electron chi connectivity index (χ2n) is 6.23. The summed E-state index contributed by atoms with van der Waals surface area (Å²) in [5.41, 5.74) is 1.77. The van der Waals surface area contributed by atoms with Crippen molar-refractivity contribution in [2.24, 2.45) is 29.6 Å². The van der Waals surface area contributed by atoms with Gasteiger partial charge >= 0.3 is 0 Å². The first-order chi connectivity index (χ1) is 7.69. The second-order valence-corrected chi connectivity index (χ2v) is 6.23. The molecule has 0 heteroatoms. The normalized spacial score (nSPS) is 41.9. The Bertz CT molecular complexity index is 261. The first-order valence-corrected chi connectivity index (χ1v) is 7.34. The van der Waals surface area contributed by atoms with E-state index in [0.717, 1.165) is 29.6 Å². The van der Waals surface area contributed by atoms with Gasteiger partial charge in [0.05, 0.1) is 0 Å². The van der Waals surface area contributed by atoms with E-state index in [1.54, 1.807) is 5.57 Å². The molecule has 16 heavy (non-hydrogen) atoms. The lowest BCUT2D eigenvalue weighted by atomic mass is 9.71. The van der Waals surface area contributed by atoms with Gasteiger partial charge in [-0.25, -0.2) is 0 Å². The van der Waals surface area contributed by atoms with E-state index < -0.39 is 0 Å². The van der Waals surface area contributed by atoms with Gasteiger partial charge in [0.1, 0.15) is 0 Å². The molecular weight excluding hydrogens is 192 g/mol. The van der Waals surface area contributed by atoms with Crippen LogP contribution in [0.1, 0.15) is 59.8 Å². The molecule has 0 heterocycles. The molecule has 0 aromatic rings. The summed E-state index contributed by atoms with van der Waals surface area (Å²) in [4.78, 5) is 0. The lowest BCUT2D eigenvalue weighted by Gasteiger charge is -2.34. The summed E-state index contributed by atoms with van der Waals surface area (Å²) in [5, 5.41) is 0. The topological polar surface area (TPSA) is 0 Å². The molecule has 0 spiro atoms. The summed E-state index contributed by atoms with van der Waals surface area (Å²) in [6.07, 6.45) is 9.57. The molecule has 5 unspecified atom stereocenters. The van der Waals surface area contributed by atoms with Crippen LogP contribution in [0.2, 0.25) is 0 Å². The average Bonchev–Trinajstić information content (AvgIpc) is 2.82. The molecule has 0 radical (unpaired) electrons. The summed E-state index contributed by atoms with van der Waals surface area (Å²) >= 11 is 0. The van der Waals surface area contributed by atoms with Crippen molar-refractivity contribution >= 4 is 0 Å². The van der Waals surface area contributed by atoms with Crippen LogP contribution in [0.15, 0.2) is 11.6 Å². The molecule has 2 aliphatic rings. The molecule has 2 aliphatic carbocycles. The molecule has 92 valence electrons. The van der Waals surface area contributed by atoms with Crippen molar-refractivity contribution in [1.29, 1.82) is 0 Å². The Balaban J connectivity index is 1.99. The van der Waals surface area contributed by atoms with Crippen LogP contribution in [0.3, 0.4) is 0 Å². The minimum Gasteiger partial charge on any atom is -0.0882 e. The van der Waals surface area contributed by atoms with Gasteiger partial charge in [0.2, 0.25) is 0 Å². The van der Waals surface area contributed by atoms with Crippen LogP contribution in [-0.2, 0) is 0 Å². The van der Waals surface area contributed by atoms with E-state index in [4.69, 9.17) is 0 Å². The number of hydrogen-bond acceptors (Lipinski definition) is 0. The van der Waals surface area contributed by atoms with Gasteiger partial charge in [-0.2, -0.15) is 0 Å². The Morgan fingerprint density at radius 1 is 1.44 bits per heavy atom. The van der Waals surface area contributed by atoms with Gasteiger partial charge in [-0.3, -0.25) is 0 Å². The van der Waals surface area contributed by atoms with Crippen molar-refractivity contribution < 1.29 is 0 Å². The third-order valence-corrected chi connectivity index (χ3v) is 5.36. The zero-order valence-corrected chi connectivity index (χ0v) is 11.5. The highest BCUT2D eigenvalue weighted by Crippen LogP contribution is 2.57. The lowest BCUT2D eigenvalue weighted by molar-refractivity contribution is 0.186. The molecule has 0 amide bonds. The maximum atomic E-state index is 2.51. The van der Waals surface area contributed by atoms with Crippen molar-refractivity contribution in [3.8, 4) is 0 Å². The summed E-state index contributed by atoms with van der Waals surface area (Å²) in [6.45, 7) is 9.57. The molecule has 2 saturated carbocycles. The summed E-state index contributed by atoms with van der Waals surface area (Å²) in [6, 6.07) is 0. The van der Waals surface area contributed by atoms with E-state index in [2.05, 4.69) is 33.8 Å². The van der Waals surface area contributed by atoms with E-state index in [1.165, 1.54) is 32.1 Å². The first-order valence-electron chi connectivity index (χ1n) is 7.34. The van der Waals surface area contributed by atoms with Crippen molar-refractivity contribution in [2.75, 3.05) is 0 Å². The van der Waals surface area contributed by atoms with E-state index in [9.17, 15) is 0 Å². The third-order valence-electron chi connectivity index (χ3n) is 5.36. The second kappa shape index (κ2) is 4.94. The van der Waals surface area contributed by atoms with Crippen LogP contribution in [-0.4, -0.2) is 0 Å². The fourth-order valence-corrected chi connectivity index (χ4v) is 4.59. The van der Waals surface area contributed by atoms with Crippen LogP contribution in [0.4, 0.5) is 0 Å². The van der Waals surface area contributed by atoms with Crippen LogP contribution >= 0.6 is 0 Å². The van der Waals surface area contributed by atoms with E-state index in [0.29, 0.717) is 0 Å². The van der Waals surface area contributed by atoms with Crippen LogP contribution in [0.5, 0.6) is 0 Å². The van der Waals surface area contributed by atoms with Gasteiger partial charge in [0.25, 0.3) is 0 Å². The summed E-state index contributed by atoms with van der Waals surface area (Å²) in [7, 11) is 0. The van der Waals surface area contributed by atoms with Crippen molar-refractivity contribution in [2.45, 2.75) is 59.8 Å². The van der Waals surface area contributed by atoms with Crippen molar-refractivity contribution in [3.05, 3.63) is 11.6 Å². The largest absolute Gasteiger partial charge is 0.0882 e. The minimum atomic E-state index is 0.948. The quantitative estimate of drug-likeness (QED) is 0.581. The van der Waals surface area contributed by atoms with E-state index in [1.807, 2.05) is 0 Å². The highest BCUT2D eigenvalue weighted by Gasteiger charge is 2.48. The molecule has 0 aromatic heterocycles. The predicted molar refractivity (Wildman–Crippen MR) is 71.3 cm³/mol. The Morgan fingerprint density at radius 3 is 2.75 bits per heavy atom.